The lowest BCUT2D eigenvalue weighted by Gasteiger charge is -2.12. The number of hydrogen-bond donors (Lipinski definition) is 0. The van der Waals surface area contributed by atoms with Crippen LogP contribution in [0, 0.1) is 0 Å². The van der Waals surface area contributed by atoms with Gasteiger partial charge in [0, 0.05) is 31.9 Å². The van der Waals surface area contributed by atoms with Gasteiger partial charge in [0.1, 0.15) is 0 Å². The van der Waals surface area contributed by atoms with Crippen LogP contribution in [0.4, 0.5) is 0 Å². The van der Waals surface area contributed by atoms with Crippen LogP contribution in [0.1, 0.15) is 0 Å². The van der Waals surface area contributed by atoms with E-state index >= 15 is 0 Å². The number of pyridine rings is 1. The van der Waals surface area contributed by atoms with E-state index < -0.39 is 10.0 Å². The Morgan fingerprint density at radius 3 is 2.40 bits per heavy atom. The van der Waals surface area contributed by atoms with Gasteiger partial charge in [-0.1, -0.05) is 12.1 Å². The molecule has 5 nitrogen and oxygen atoms in total. The Bertz CT molecular complexity index is 695. The molecule has 1 aromatic carbocycles. The standard InChI is InChI=1S/C14H16N2O3S/c1-16(2)20(17,18)13-6-4-5-11(9-13)12-7-8-14(19-3)15-10-12/h4-10H,1-3H3. The van der Waals surface area contributed by atoms with Crippen molar-refractivity contribution in [1.29, 1.82) is 0 Å². The fourth-order valence-corrected chi connectivity index (χ4v) is 2.67. The molecule has 0 saturated carbocycles. The first-order valence-corrected chi connectivity index (χ1v) is 7.42. The molecule has 0 aliphatic carbocycles. The molecule has 2 aromatic rings. The van der Waals surface area contributed by atoms with Crippen LogP contribution in [0.3, 0.4) is 0 Å². The Morgan fingerprint density at radius 1 is 1.10 bits per heavy atom. The minimum absolute atomic E-state index is 0.260. The fourth-order valence-electron chi connectivity index (χ4n) is 1.72. The smallest absolute Gasteiger partial charge is 0.242 e. The first kappa shape index (κ1) is 14.5. The third-order valence-electron chi connectivity index (χ3n) is 2.89. The number of rotatable bonds is 4. The minimum Gasteiger partial charge on any atom is -0.481 e. The Kier molecular flexibility index (Phi) is 4.06. The fraction of sp³-hybridized carbons (Fsp3) is 0.214. The Balaban J connectivity index is 2.44. The number of benzene rings is 1. The molecule has 1 aromatic heterocycles. The van der Waals surface area contributed by atoms with Gasteiger partial charge in [0.15, 0.2) is 0 Å². The molecule has 0 saturated heterocycles. The molecule has 0 fully saturated rings. The number of sulfonamides is 1. The quantitative estimate of drug-likeness (QED) is 0.865. The highest BCUT2D eigenvalue weighted by Crippen LogP contribution is 2.24. The summed E-state index contributed by atoms with van der Waals surface area (Å²) in [5.74, 6) is 0.519. The largest absolute Gasteiger partial charge is 0.481 e. The van der Waals surface area contributed by atoms with E-state index in [0.29, 0.717) is 5.88 Å². The number of nitrogens with zero attached hydrogens (tertiary/aromatic N) is 2. The molecule has 0 N–H and O–H groups in total. The Hall–Kier alpha value is -1.92. The van der Waals surface area contributed by atoms with Gasteiger partial charge in [-0.3, -0.25) is 0 Å². The maximum absolute atomic E-state index is 12.1. The van der Waals surface area contributed by atoms with Crippen molar-refractivity contribution in [3.63, 3.8) is 0 Å². The van der Waals surface area contributed by atoms with Crippen LogP contribution in [-0.2, 0) is 10.0 Å². The van der Waals surface area contributed by atoms with Gasteiger partial charge in [-0.15, -0.1) is 0 Å². The van der Waals surface area contributed by atoms with Crippen molar-refractivity contribution in [3.05, 3.63) is 42.6 Å². The molecule has 0 spiro atoms. The van der Waals surface area contributed by atoms with Crippen LogP contribution in [0.5, 0.6) is 5.88 Å². The normalized spacial score (nSPS) is 11.6. The van der Waals surface area contributed by atoms with Crippen LogP contribution >= 0.6 is 0 Å². The van der Waals surface area contributed by atoms with E-state index in [1.54, 1.807) is 37.6 Å². The molecular formula is C14H16N2O3S. The average molecular weight is 292 g/mol. The lowest BCUT2D eigenvalue weighted by molar-refractivity contribution is 0.398. The van der Waals surface area contributed by atoms with Gasteiger partial charge >= 0.3 is 0 Å². The summed E-state index contributed by atoms with van der Waals surface area (Å²) in [6, 6.07) is 10.4. The van der Waals surface area contributed by atoms with Gasteiger partial charge < -0.3 is 4.74 Å². The van der Waals surface area contributed by atoms with Gasteiger partial charge in [-0.25, -0.2) is 17.7 Å². The molecule has 6 heteroatoms. The predicted octanol–water partition coefficient (Wildman–Crippen LogP) is 2.01. The summed E-state index contributed by atoms with van der Waals surface area (Å²) in [6.07, 6.45) is 1.65. The van der Waals surface area contributed by atoms with E-state index in [4.69, 9.17) is 4.74 Å². The van der Waals surface area contributed by atoms with Crippen molar-refractivity contribution in [2.75, 3.05) is 21.2 Å². The maximum Gasteiger partial charge on any atom is 0.242 e. The lowest BCUT2D eigenvalue weighted by atomic mass is 10.1. The van der Waals surface area contributed by atoms with Crippen molar-refractivity contribution in [2.45, 2.75) is 4.90 Å². The first-order chi connectivity index (χ1) is 9.45. The van der Waals surface area contributed by atoms with Gasteiger partial charge in [-0.2, -0.15) is 0 Å². The molecule has 20 heavy (non-hydrogen) atoms. The highest BCUT2D eigenvalue weighted by molar-refractivity contribution is 7.89. The summed E-state index contributed by atoms with van der Waals surface area (Å²) in [4.78, 5) is 4.38. The molecule has 0 aliphatic rings. The molecule has 0 amide bonds. The molecule has 2 rings (SSSR count). The summed E-state index contributed by atoms with van der Waals surface area (Å²) in [7, 11) is 1.14. The summed E-state index contributed by atoms with van der Waals surface area (Å²) in [6.45, 7) is 0. The van der Waals surface area contributed by atoms with E-state index in [0.717, 1.165) is 11.1 Å². The second-order valence-electron chi connectivity index (χ2n) is 4.40. The van der Waals surface area contributed by atoms with E-state index in [1.807, 2.05) is 12.1 Å². The molecule has 0 radical (unpaired) electrons. The van der Waals surface area contributed by atoms with Crippen LogP contribution in [0.15, 0.2) is 47.5 Å². The lowest BCUT2D eigenvalue weighted by Crippen LogP contribution is -2.22. The third kappa shape index (κ3) is 2.81. The zero-order valence-electron chi connectivity index (χ0n) is 11.6. The van der Waals surface area contributed by atoms with E-state index in [2.05, 4.69) is 4.98 Å². The van der Waals surface area contributed by atoms with Gasteiger partial charge in [-0.05, 0) is 23.8 Å². The van der Waals surface area contributed by atoms with Crippen LogP contribution < -0.4 is 4.74 Å². The van der Waals surface area contributed by atoms with E-state index in [1.165, 1.54) is 18.4 Å². The SMILES string of the molecule is COc1ccc(-c2cccc(S(=O)(=O)N(C)C)c2)cn1. The van der Waals surface area contributed by atoms with Crippen molar-refractivity contribution in [3.8, 4) is 17.0 Å². The average Bonchev–Trinajstić information content (AvgIpc) is 2.47. The van der Waals surface area contributed by atoms with Gasteiger partial charge in [0.05, 0.1) is 12.0 Å². The van der Waals surface area contributed by atoms with Crippen molar-refractivity contribution < 1.29 is 13.2 Å². The Morgan fingerprint density at radius 2 is 1.85 bits per heavy atom. The molecule has 0 atom stereocenters. The van der Waals surface area contributed by atoms with Crippen LogP contribution in [0.25, 0.3) is 11.1 Å². The predicted molar refractivity (Wildman–Crippen MR) is 77.1 cm³/mol. The zero-order chi connectivity index (χ0) is 14.8. The number of aromatic nitrogens is 1. The molecule has 0 unspecified atom stereocenters. The second kappa shape index (κ2) is 5.60. The monoisotopic (exact) mass is 292 g/mol. The number of ether oxygens (including phenoxy) is 1. The second-order valence-corrected chi connectivity index (χ2v) is 6.56. The molecule has 0 aliphatic heterocycles. The van der Waals surface area contributed by atoms with Crippen molar-refractivity contribution in [2.24, 2.45) is 0 Å². The summed E-state index contributed by atoms with van der Waals surface area (Å²) >= 11 is 0. The number of methoxy groups -OCH3 is 1. The topological polar surface area (TPSA) is 59.5 Å². The summed E-state index contributed by atoms with van der Waals surface area (Å²) in [5.41, 5.74) is 1.63. The van der Waals surface area contributed by atoms with Crippen LogP contribution in [0.2, 0.25) is 0 Å². The summed E-state index contributed by atoms with van der Waals surface area (Å²) in [5, 5.41) is 0. The molecule has 106 valence electrons. The zero-order valence-corrected chi connectivity index (χ0v) is 12.4. The number of hydrogen-bond acceptors (Lipinski definition) is 4. The van der Waals surface area contributed by atoms with Crippen LogP contribution in [-0.4, -0.2) is 38.9 Å². The summed E-state index contributed by atoms with van der Waals surface area (Å²) < 4.78 is 30.4. The van der Waals surface area contributed by atoms with E-state index in [9.17, 15) is 8.42 Å². The molecule has 1 heterocycles. The van der Waals surface area contributed by atoms with Crippen molar-refractivity contribution >= 4 is 10.0 Å². The maximum atomic E-state index is 12.1. The first-order valence-electron chi connectivity index (χ1n) is 5.98. The third-order valence-corrected chi connectivity index (χ3v) is 4.70. The highest BCUT2D eigenvalue weighted by atomic mass is 32.2. The molecular weight excluding hydrogens is 276 g/mol. The van der Waals surface area contributed by atoms with E-state index in [-0.39, 0.29) is 4.90 Å². The highest BCUT2D eigenvalue weighted by Gasteiger charge is 2.17. The minimum atomic E-state index is -3.43. The van der Waals surface area contributed by atoms with Gasteiger partial charge in [0.25, 0.3) is 0 Å². The van der Waals surface area contributed by atoms with Crippen molar-refractivity contribution in [1.82, 2.24) is 9.29 Å². The Labute approximate surface area is 118 Å². The molecule has 0 bridgehead atoms. The van der Waals surface area contributed by atoms with Gasteiger partial charge in [0.2, 0.25) is 15.9 Å².